The molecule has 1 aromatic rings. The van der Waals surface area contributed by atoms with Crippen LogP contribution in [0.2, 0.25) is 0 Å². The van der Waals surface area contributed by atoms with Crippen molar-refractivity contribution in [1.29, 1.82) is 0 Å². The third-order valence-electron chi connectivity index (χ3n) is 2.04. The summed E-state index contributed by atoms with van der Waals surface area (Å²) in [7, 11) is 0. The van der Waals surface area contributed by atoms with Gasteiger partial charge in [0.05, 0.1) is 0 Å². The van der Waals surface area contributed by atoms with Gasteiger partial charge in [-0.1, -0.05) is 0 Å². The van der Waals surface area contributed by atoms with Crippen LogP contribution in [0.25, 0.3) is 0 Å². The van der Waals surface area contributed by atoms with Crippen LogP contribution in [0.15, 0.2) is 0 Å². The van der Waals surface area contributed by atoms with Gasteiger partial charge >= 0.3 is 5.97 Å². The maximum atomic E-state index is 10.4. The molecule has 0 amide bonds. The Morgan fingerprint density at radius 1 is 1.57 bits per heavy atom. The molecule has 0 bridgehead atoms. The van der Waals surface area contributed by atoms with Gasteiger partial charge in [0.25, 0.3) is 0 Å². The molecular formula is C9H12N2O2S. The average molecular weight is 212 g/mol. The number of nitrogens with one attached hydrogen (secondary N) is 1. The molecule has 2 N–H and O–H groups in total. The zero-order valence-corrected chi connectivity index (χ0v) is 8.94. The number of aromatic amines is 1. The molecule has 0 aliphatic carbocycles. The second-order valence-corrected chi connectivity index (χ2v) is 3.51. The van der Waals surface area contributed by atoms with Crippen LogP contribution in [-0.2, 0) is 11.2 Å². The fraction of sp³-hybridized carbons (Fsp3) is 0.444. The number of nitrogens with zero attached hydrogens (tertiary/aromatic N) is 1. The van der Waals surface area contributed by atoms with Gasteiger partial charge in [-0.05, 0) is 38.0 Å². The second kappa shape index (κ2) is 4.32. The Morgan fingerprint density at radius 2 is 2.21 bits per heavy atom. The zero-order chi connectivity index (χ0) is 10.7. The molecule has 0 unspecified atom stereocenters. The lowest BCUT2D eigenvalue weighted by Gasteiger charge is -2.06. The molecule has 5 heteroatoms. The van der Waals surface area contributed by atoms with Gasteiger partial charge in [0.15, 0.2) is 4.77 Å². The van der Waals surface area contributed by atoms with Crippen molar-refractivity contribution in [3.05, 3.63) is 21.7 Å². The Labute approximate surface area is 87.0 Å². The molecule has 0 aliphatic heterocycles. The minimum Gasteiger partial charge on any atom is -0.481 e. The topological polar surface area (TPSA) is 66.0 Å². The lowest BCUT2D eigenvalue weighted by molar-refractivity contribution is -0.136. The SMILES string of the molecule is Cc1nc(=S)[nH]c(C)c1CCC(=O)O. The van der Waals surface area contributed by atoms with Crippen LogP contribution in [0.3, 0.4) is 0 Å². The molecule has 1 aromatic heterocycles. The number of H-pyrrole nitrogens is 1. The molecule has 1 rings (SSSR count). The van der Waals surface area contributed by atoms with Gasteiger partial charge in [-0.3, -0.25) is 4.79 Å². The maximum absolute atomic E-state index is 10.4. The van der Waals surface area contributed by atoms with E-state index >= 15 is 0 Å². The third kappa shape index (κ3) is 2.63. The Morgan fingerprint density at radius 3 is 2.71 bits per heavy atom. The molecule has 0 fully saturated rings. The lowest BCUT2D eigenvalue weighted by Crippen LogP contribution is -2.04. The summed E-state index contributed by atoms with van der Waals surface area (Å²) in [5.41, 5.74) is 2.66. The van der Waals surface area contributed by atoms with Gasteiger partial charge in [-0.2, -0.15) is 0 Å². The van der Waals surface area contributed by atoms with Gasteiger partial charge < -0.3 is 10.1 Å². The van der Waals surface area contributed by atoms with Crippen molar-refractivity contribution in [2.45, 2.75) is 26.7 Å². The summed E-state index contributed by atoms with van der Waals surface area (Å²) in [6.07, 6.45) is 0.611. The molecule has 1 heterocycles. The normalized spacial score (nSPS) is 10.1. The van der Waals surface area contributed by atoms with Crippen molar-refractivity contribution in [3.8, 4) is 0 Å². The number of aryl methyl sites for hydroxylation is 2. The lowest BCUT2D eigenvalue weighted by atomic mass is 10.1. The van der Waals surface area contributed by atoms with E-state index < -0.39 is 5.97 Å². The number of aromatic nitrogens is 2. The van der Waals surface area contributed by atoms with Crippen LogP contribution in [0, 0.1) is 18.6 Å². The molecule has 0 atom stereocenters. The number of carboxylic acid groups (broad SMARTS) is 1. The van der Waals surface area contributed by atoms with E-state index in [1.165, 1.54) is 0 Å². The first-order valence-electron chi connectivity index (χ1n) is 4.29. The number of hydrogen-bond donors (Lipinski definition) is 2. The minimum atomic E-state index is -0.800. The number of aliphatic carboxylic acids is 1. The van der Waals surface area contributed by atoms with Crippen LogP contribution in [0.1, 0.15) is 23.4 Å². The number of carbonyl (C=O) groups is 1. The van der Waals surface area contributed by atoms with Gasteiger partial charge in [0.2, 0.25) is 0 Å². The predicted octanol–water partition coefficient (Wildman–Crippen LogP) is 1.77. The van der Waals surface area contributed by atoms with Crippen LogP contribution >= 0.6 is 12.2 Å². The quantitative estimate of drug-likeness (QED) is 0.749. The average Bonchev–Trinajstić information content (AvgIpc) is 2.01. The Hall–Kier alpha value is -1.23. The second-order valence-electron chi connectivity index (χ2n) is 3.12. The summed E-state index contributed by atoms with van der Waals surface area (Å²) in [5, 5.41) is 8.56. The van der Waals surface area contributed by atoms with E-state index in [1.54, 1.807) is 0 Å². The van der Waals surface area contributed by atoms with Crippen molar-refractivity contribution < 1.29 is 9.90 Å². The van der Waals surface area contributed by atoms with Crippen molar-refractivity contribution in [2.75, 3.05) is 0 Å². The molecule has 0 aliphatic rings. The fourth-order valence-corrected chi connectivity index (χ4v) is 1.65. The minimum absolute atomic E-state index is 0.119. The summed E-state index contributed by atoms with van der Waals surface area (Å²) in [5.74, 6) is -0.800. The summed E-state index contributed by atoms with van der Waals surface area (Å²) < 4.78 is 0.444. The fourth-order valence-electron chi connectivity index (χ4n) is 1.36. The van der Waals surface area contributed by atoms with Crippen molar-refractivity contribution in [1.82, 2.24) is 9.97 Å². The third-order valence-corrected chi connectivity index (χ3v) is 2.24. The van der Waals surface area contributed by atoms with Gasteiger partial charge in [0.1, 0.15) is 0 Å². The van der Waals surface area contributed by atoms with E-state index in [9.17, 15) is 4.79 Å². The summed E-state index contributed by atoms with van der Waals surface area (Å²) >= 11 is 4.90. The molecule has 14 heavy (non-hydrogen) atoms. The first-order chi connectivity index (χ1) is 6.50. The Bertz CT molecular complexity index is 386. The molecule has 0 saturated carbocycles. The monoisotopic (exact) mass is 212 g/mol. The molecule has 0 radical (unpaired) electrons. The van der Waals surface area contributed by atoms with Crippen LogP contribution in [0.4, 0.5) is 0 Å². The standard InChI is InChI=1S/C9H12N2O2S/c1-5-7(3-4-8(12)13)6(2)11-9(14)10-5/h3-4H2,1-2H3,(H,12,13)(H,10,11,14). The number of rotatable bonds is 3. The maximum Gasteiger partial charge on any atom is 0.303 e. The summed E-state index contributed by atoms with van der Waals surface area (Å²) in [4.78, 5) is 17.4. The largest absolute Gasteiger partial charge is 0.481 e. The smallest absolute Gasteiger partial charge is 0.303 e. The first-order valence-corrected chi connectivity index (χ1v) is 4.69. The van der Waals surface area contributed by atoms with Crippen LogP contribution in [-0.4, -0.2) is 21.0 Å². The van der Waals surface area contributed by atoms with E-state index in [1.807, 2.05) is 13.8 Å². The highest BCUT2D eigenvalue weighted by molar-refractivity contribution is 7.71. The van der Waals surface area contributed by atoms with Crippen molar-refractivity contribution in [3.63, 3.8) is 0 Å². The molecule has 76 valence electrons. The predicted molar refractivity (Wildman–Crippen MR) is 54.9 cm³/mol. The zero-order valence-electron chi connectivity index (χ0n) is 8.13. The van der Waals surface area contributed by atoms with Crippen LogP contribution in [0.5, 0.6) is 0 Å². The number of hydrogen-bond acceptors (Lipinski definition) is 3. The highest BCUT2D eigenvalue weighted by atomic mass is 32.1. The van der Waals surface area contributed by atoms with Crippen molar-refractivity contribution >= 4 is 18.2 Å². The van der Waals surface area contributed by atoms with Gasteiger partial charge in [-0.25, -0.2) is 4.98 Å². The van der Waals surface area contributed by atoms with E-state index in [2.05, 4.69) is 9.97 Å². The molecule has 0 spiro atoms. The van der Waals surface area contributed by atoms with Crippen LogP contribution < -0.4 is 0 Å². The van der Waals surface area contributed by atoms with E-state index in [0.717, 1.165) is 17.0 Å². The van der Waals surface area contributed by atoms with Gasteiger partial charge in [0, 0.05) is 17.8 Å². The van der Waals surface area contributed by atoms with E-state index in [0.29, 0.717) is 11.2 Å². The molecule has 4 nitrogen and oxygen atoms in total. The Kier molecular flexibility index (Phi) is 3.35. The molecular weight excluding hydrogens is 200 g/mol. The first kappa shape index (κ1) is 10.8. The summed E-state index contributed by atoms with van der Waals surface area (Å²) in [6.45, 7) is 3.72. The van der Waals surface area contributed by atoms with E-state index in [-0.39, 0.29) is 6.42 Å². The van der Waals surface area contributed by atoms with E-state index in [4.69, 9.17) is 17.3 Å². The summed E-state index contributed by atoms with van der Waals surface area (Å²) in [6, 6.07) is 0. The number of carboxylic acids is 1. The molecule has 0 saturated heterocycles. The Balaban J connectivity index is 2.97. The highest BCUT2D eigenvalue weighted by Crippen LogP contribution is 2.11. The molecule has 0 aromatic carbocycles. The van der Waals surface area contributed by atoms with Gasteiger partial charge in [-0.15, -0.1) is 0 Å². The highest BCUT2D eigenvalue weighted by Gasteiger charge is 2.06. The van der Waals surface area contributed by atoms with Crippen molar-refractivity contribution in [2.24, 2.45) is 0 Å².